The highest BCUT2D eigenvalue weighted by molar-refractivity contribution is 6.04. The van der Waals surface area contributed by atoms with Gasteiger partial charge in [-0.3, -0.25) is 18.8 Å². The molecule has 7 rings (SSSR count). The number of aromatic nitrogens is 6. The predicted molar refractivity (Wildman–Crippen MR) is 159 cm³/mol. The summed E-state index contributed by atoms with van der Waals surface area (Å²) in [6.45, 7) is 1.88. The maximum absolute atomic E-state index is 14.5. The molecule has 1 amide bonds. The number of nitrogens with one attached hydrogen (secondary N) is 1. The van der Waals surface area contributed by atoms with Crippen molar-refractivity contribution in [2.45, 2.75) is 25.8 Å². The van der Waals surface area contributed by atoms with Crippen LogP contribution in [0.25, 0.3) is 22.1 Å². The van der Waals surface area contributed by atoms with Crippen LogP contribution < -0.4 is 16.6 Å². The lowest BCUT2D eigenvalue weighted by Crippen LogP contribution is -2.33. The highest BCUT2D eigenvalue weighted by atomic mass is 16.2. The van der Waals surface area contributed by atoms with E-state index in [1.807, 2.05) is 56.6 Å². The molecule has 0 fully saturated rings. The fourth-order valence-corrected chi connectivity index (χ4v) is 5.89. The fraction of sp³-hybridized carbons (Fsp3) is 0.156. The Kier molecular flexibility index (Phi) is 5.87. The van der Waals surface area contributed by atoms with Crippen LogP contribution in [0.3, 0.4) is 0 Å². The fourth-order valence-electron chi connectivity index (χ4n) is 5.89. The maximum atomic E-state index is 14.5. The van der Waals surface area contributed by atoms with Gasteiger partial charge < -0.3 is 11.1 Å². The van der Waals surface area contributed by atoms with Gasteiger partial charge in [-0.2, -0.15) is 5.10 Å². The van der Waals surface area contributed by atoms with Crippen molar-refractivity contribution < 1.29 is 4.79 Å². The Morgan fingerprint density at radius 1 is 1.07 bits per heavy atom. The molecule has 2 aromatic carbocycles. The number of amides is 1. The summed E-state index contributed by atoms with van der Waals surface area (Å²) in [5.41, 5.74) is 11.5. The molecule has 0 radical (unpaired) electrons. The van der Waals surface area contributed by atoms with Crippen molar-refractivity contribution in [3.05, 3.63) is 117 Å². The van der Waals surface area contributed by atoms with E-state index in [-0.39, 0.29) is 16.9 Å². The number of nitrogens with two attached hydrogens (primary N) is 1. The van der Waals surface area contributed by atoms with Crippen molar-refractivity contribution in [2.24, 2.45) is 7.05 Å². The van der Waals surface area contributed by atoms with Gasteiger partial charge in [0, 0.05) is 36.9 Å². The topological polar surface area (TPSA) is 125 Å². The second-order valence-corrected chi connectivity index (χ2v) is 10.4. The number of fused-ring (bicyclic) bond motifs is 1. The minimum Gasteiger partial charge on any atom is -0.381 e. The Hall–Kier alpha value is -5.69. The summed E-state index contributed by atoms with van der Waals surface area (Å²) in [5.74, 6) is 6.05. The van der Waals surface area contributed by atoms with Crippen LogP contribution in [0.4, 0.5) is 5.82 Å². The second-order valence-electron chi connectivity index (χ2n) is 10.4. The Morgan fingerprint density at radius 2 is 1.90 bits per heavy atom. The van der Waals surface area contributed by atoms with Crippen molar-refractivity contribution in [1.82, 2.24) is 34.3 Å². The van der Waals surface area contributed by atoms with Crippen molar-refractivity contribution in [1.29, 1.82) is 0 Å². The quantitative estimate of drug-likeness (QED) is 0.322. The van der Waals surface area contributed by atoms with Gasteiger partial charge in [0.05, 0.1) is 28.9 Å². The molecule has 1 aliphatic carbocycles. The molecule has 1 atom stereocenters. The Bertz CT molecular complexity index is 2160. The van der Waals surface area contributed by atoms with Gasteiger partial charge in [-0.15, -0.1) is 5.10 Å². The molecule has 1 aliphatic rings. The Labute approximate surface area is 240 Å². The molecule has 0 aliphatic heterocycles. The van der Waals surface area contributed by atoms with E-state index in [0.717, 1.165) is 40.6 Å². The number of carbonyl (C=O) groups excluding carboxylic acids is 1. The normalized spacial score (nSPS) is 12.8. The lowest BCUT2D eigenvalue weighted by atomic mass is 9.97. The average molecular weight is 555 g/mol. The minimum atomic E-state index is -0.543. The first-order chi connectivity index (χ1) is 20.4. The van der Waals surface area contributed by atoms with Gasteiger partial charge in [-0.25, -0.2) is 9.50 Å². The van der Waals surface area contributed by atoms with E-state index < -0.39 is 11.9 Å². The Balaban J connectivity index is 1.42. The van der Waals surface area contributed by atoms with Gasteiger partial charge in [0.2, 0.25) is 0 Å². The van der Waals surface area contributed by atoms with E-state index in [1.165, 1.54) is 4.52 Å². The van der Waals surface area contributed by atoms with Crippen LogP contribution >= 0.6 is 0 Å². The zero-order chi connectivity index (χ0) is 29.0. The van der Waals surface area contributed by atoms with E-state index in [1.54, 1.807) is 33.9 Å². The zero-order valence-corrected chi connectivity index (χ0v) is 23.0. The summed E-state index contributed by atoms with van der Waals surface area (Å²) in [6, 6.07) is 14.6. The van der Waals surface area contributed by atoms with Gasteiger partial charge in [0.15, 0.2) is 11.5 Å². The third-order valence-electron chi connectivity index (χ3n) is 7.67. The molecule has 0 bridgehead atoms. The zero-order valence-electron chi connectivity index (χ0n) is 23.0. The summed E-state index contributed by atoms with van der Waals surface area (Å²) >= 11 is 0. The molecule has 3 N–H and O–H groups in total. The smallest absolute Gasteiger partial charge is 0.264 e. The van der Waals surface area contributed by atoms with Crippen molar-refractivity contribution in [3.8, 4) is 17.5 Å². The highest BCUT2D eigenvalue weighted by Gasteiger charge is 2.30. The average Bonchev–Trinajstić information content (AvgIpc) is 3.70. The molecule has 6 aromatic rings. The van der Waals surface area contributed by atoms with E-state index in [9.17, 15) is 9.59 Å². The van der Waals surface area contributed by atoms with Gasteiger partial charge in [-0.05, 0) is 60.5 Å². The van der Waals surface area contributed by atoms with E-state index in [0.29, 0.717) is 22.3 Å². The monoisotopic (exact) mass is 554 g/mol. The molecule has 10 heteroatoms. The van der Waals surface area contributed by atoms with Crippen molar-refractivity contribution in [3.63, 3.8) is 0 Å². The lowest BCUT2D eigenvalue weighted by molar-refractivity contribution is 0.0941. The second kappa shape index (κ2) is 9.74. The van der Waals surface area contributed by atoms with Gasteiger partial charge in [0.25, 0.3) is 11.5 Å². The van der Waals surface area contributed by atoms with Crippen LogP contribution in [0.5, 0.6) is 0 Å². The number of hydrogen-bond acceptors (Lipinski definition) is 6. The van der Waals surface area contributed by atoms with Crippen LogP contribution in [0.2, 0.25) is 0 Å². The number of rotatable bonds is 4. The van der Waals surface area contributed by atoms with Gasteiger partial charge >= 0.3 is 0 Å². The van der Waals surface area contributed by atoms with Gasteiger partial charge in [0.1, 0.15) is 5.56 Å². The summed E-state index contributed by atoms with van der Waals surface area (Å²) in [4.78, 5) is 32.4. The SMILES string of the molecule is C[C@@H](NC(=O)c1c(N)nn2cccnc12)c1c2c3c(ccc(C#Cc4cnn(C)c4)c3c(=O)n1-c1ccccc1)CC2. The summed E-state index contributed by atoms with van der Waals surface area (Å²) in [7, 11) is 1.84. The molecule has 42 heavy (non-hydrogen) atoms. The van der Waals surface area contributed by atoms with Crippen LogP contribution in [0, 0.1) is 11.8 Å². The number of carbonyl (C=O) groups is 1. The molecule has 0 saturated heterocycles. The first-order valence-electron chi connectivity index (χ1n) is 13.6. The minimum absolute atomic E-state index is 0.0843. The third-order valence-corrected chi connectivity index (χ3v) is 7.67. The van der Waals surface area contributed by atoms with E-state index in [2.05, 4.69) is 38.4 Å². The van der Waals surface area contributed by atoms with E-state index in [4.69, 9.17) is 5.73 Å². The highest BCUT2D eigenvalue weighted by Crippen LogP contribution is 2.36. The van der Waals surface area contributed by atoms with Crippen LogP contribution in [0.15, 0.2) is 78.1 Å². The number of para-hydroxylation sites is 1. The van der Waals surface area contributed by atoms with Crippen molar-refractivity contribution in [2.75, 3.05) is 5.73 Å². The Morgan fingerprint density at radius 3 is 2.69 bits per heavy atom. The maximum Gasteiger partial charge on any atom is 0.264 e. The summed E-state index contributed by atoms with van der Waals surface area (Å²) in [5, 5.41) is 13.0. The van der Waals surface area contributed by atoms with E-state index >= 15 is 0 Å². The summed E-state index contributed by atoms with van der Waals surface area (Å²) < 4.78 is 4.88. The number of nitrogen functional groups attached to an aromatic ring is 1. The number of nitrogens with zero attached hydrogens (tertiary/aromatic N) is 6. The van der Waals surface area contributed by atoms with Gasteiger partial charge in [-0.1, -0.05) is 36.1 Å². The number of benzene rings is 2. The molecule has 10 nitrogen and oxygen atoms in total. The van der Waals surface area contributed by atoms with Crippen LogP contribution in [-0.4, -0.2) is 34.9 Å². The van der Waals surface area contributed by atoms with Crippen molar-refractivity contribution >= 4 is 28.1 Å². The molecular weight excluding hydrogens is 528 g/mol. The molecule has 0 spiro atoms. The first-order valence-corrected chi connectivity index (χ1v) is 13.6. The number of pyridine rings is 1. The summed E-state index contributed by atoms with van der Waals surface area (Å²) in [6.07, 6.45) is 8.33. The number of aryl methyl sites for hydroxylation is 3. The molecule has 0 saturated carbocycles. The standard InChI is InChI=1S/C32H26N8O2/c1-19(36-31(41)27-29(33)37-39-16-6-15-34-30(27)39)28-24-14-13-21-11-12-22(10-9-20-17-35-38(2)18-20)26(25(21)24)32(42)40(28)23-7-4-3-5-8-23/h3-8,11-12,15-19H,13-14H2,1-2H3,(H2,33,37)(H,36,41)/t19-/m1/s1. The van der Waals surface area contributed by atoms with Crippen LogP contribution in [0.1, 0.15) is 51.3 Å². The largest absolute Gasteiger partial charge is 0.381 e. The third kappa shape index (κ3) is 4.02. The molecule has 0 unspecified atom stereocenters. The molecule has 4 heterocycles. The van der Waals surface area contributed by atoms with Crippen LogP contribution in [-0.2, 0) is 19.9 Å². The first kappa shape index (κ1) is 25.3. The number of anilines is 1. The number of hydrogen-bond donors (Lipinski definition) is 2. The molecular formula is C32H26N8O2. The molecule has 4 aromatic heterocycles. The lowest BCUT2D eigenvalue weighted by Gasteiger charge is -2.24. The predicted octanol–water partition coefficient (Wildman–Crippen LogP) is 3.34. The molecule has 206 valence electrons.